The molecule has 0 aromatic carbocycles. The Morgan fingerprint density at radius 3 is 1.74 bits per heavy atom. The fraction of sp³-hybridized carbons (Fsp3) is 0.750. The third-order valence-electron chi connectivity index (χ3n) is 9.79. The van der Waals surface area contributed by atoms with E-state index in [1.54, 1.807) is 13.8 Å². The maximum Gasteiger partial charge on any atom is 0.303 e. The van der Waals surface area contributed by atoms with Gasteiger partial charge < -0.3 is 38.6 Å². The molecule has 258 valence electrons. The van der Waals surface area contributed by atoms with Crippen LogP contribution in [-0.2, 0) is 57.2 Å². The van der Waals surface area contributed by atoms with Crippen molar-refractivity contribution < 1.29 is 67.4 Å². The lowest BCUT2D eigenvalue weighted by molar-refractivity contribution is -0.248. The van der Waals surface area contributed by atoms with Gasteiger partial charge in [0.25, 0.3) is 0 Å². The van der Waals surface area contributed by atoms with Gasteiger partial charge in [0, 0.05) is 66.2 Å². The van der Waals surface area contributed by atoms with Gasteiger partial charge in [-0.3, -0.25) is 28.8 Å². The molecule has 10 atom stereocenters. The van der Waals surface area contributed by atoms with Gasteiger partial charge in [0.1, 0.15) is 36.6 Å². The second-order valence-corrected chi connectivity index (χ2v) is 13.3. The van der Waals surface area contributed by atoms with Gasteiger partial charge >= 0.3 is 35.8 Å². The molecule has 0 spiro atoms. The van der Waals surface area contributed by atoms with Gasteiger partial charge in [0.15, 0.2) is 0 Å². The van der Waals surface area contributed by atoms with E-state index in [0.717, 1.165) is 20.8 Å². The summed E-state index contributed by atoms with van der Waals surface area (Å²) in [5.74, 6) is -6.60. The predicted octanol–water partition coefficient (Wildman–Crippen LogP) is 1.70. The molecule has 0 aliphatic heterocycles. The van der Waals surface area contributed by atoms with Crippen LogP contribution < -0.4 is 0 Å². The molecule has 2 fully saturated rings. The normalized spacial score (nSPS) is 35.5. The van der Waals surface area contributed by atoms with Crippen LogP contribution in [0.1, 0.15) is 82.1 Å². The Hall–Kier alpha value is -3.52. The van der Waals surface area contributed by atoms with Crippen molar-refractivity contribution in [2.75, 3.05) is 6.61 Å². The van der Waals surface area contributed by atoms with E-state index in [4.69, 9.17) is 28.4 Å². The van der Waals surface area contributed by atoms with E-state index in [0.29, 0.717) is 5.57 Å². The number of aliphatic hydroxyl groups is 2. The smallest absolute Gasteiger partial charge is 0.303 e. The summed E-state index contributed by atoms with van der Waals surface area (Å²) in [6.45, 7) is 12.6. The topological polar surface area (TPSA) is 198 Å². The standard InChI is InChI=1S/C32H46O14/c1-14-23(43-17(4)35)12-32(30(8,9)40)25(14)27(39)29(46-20(7)38)31(10)24(44-18(5)36)11-22(42-16(3)34)21(13-41-15(2)33)26(31)28(32)45-19(6)37/h21-24,26-29,39-40H,11-13H2,1-10H3/t21-,22+,23+,24+,26+,27-,28+,29+,31-,32+/m1/s1. The van der Waals surface area contributed by atoms with E-state index in [1.807, 2.05) is 0 Å². The van der Waals surface area contributed by atoms with Gasteiger partial charge in [0.2, 0.25) is 0 Å². The van der Waals surface area contributed by atoms with E-state index >= 15 is 0 Å². The van der Waals surface area contributed by atoms with E-state index in [2.05, 4.69) is 0 Å². The average molecular weight is 655 g/mol. The highest BCUT2D eigenvalue weighted by Crippen LogP contribution is 2.66. The zero-order valence-electron chi connectivity index (χ0n) is 28.0. The molecule has 14 nitrogen and oxygen atoms in total. The van der Waals surface area contributed by atoms with Gasteiger partial charge in [-0.25, -0.2) is 0 Å². The highest BCUT2D eigenvalue weighted by molar-refractivity contribution is 5.69. The SMILES string of the molecule is CC(=O)OC[C@H]1[C@H]2[C@H](OC(C)=O)[C@]3(C(C)(C)O)C[C@H](OC(C)=O)C(C)=C3[C@@H](O)[C@H](OC(C)=O)[C@]2(C)[C@@H](OC(C)=O)C[C@@H]1OC(C)=O. The molecule has 0 radical (unpaired) electrons. The molecule has 2 saturated carbocycles. The summed E-state index contributed by atoms with van der Waals surface area (Å²) >= 11 is 0. The second kappa shape index (κ2) is 13.3. The van der Waals surface area contributed by atoms with Crippen LogP contribution in [0.15, 0.2) is 11.1 Å². The van der Waals surface area contributed by atoms with Crippen LogP contribution in [-0.4, -0.2) is 94.9 Å². The van der Waals surface area contributed by atoms with Crippen molar-refractivity contribution >= 4 is 35.8 Å². The Balaban J connectivity index is 2.58. The Labute approximate surface area is 268 Å². The molecular formula is C32H46O14. The first kappa shape index (κ1) is 36.9. The number of ether oxygens (including phenoxy) is 6. The highest BCUT2D eigenvalue weighted by Gasteiger charge is 2.74. The molecule has 2 N–H and O–H groups in total. The number of esters is 6. The first-order valence-electron chi connectivity index (χ1n) is 15.2. The predicted molar refractivity (Wildman–Crippen MR) is 156 cm³/mol. The van der Waals surface area contributed by atoms with Gasteiger partial charge in [0.05, 0.1) is 23.0 Å². The van der Waals surface area contributed by atoms with Gasteiger partial charge in [-0.2, -0.15) is 0 Å². The zero-order chi connectivity index (χ0) is 35.1. The fourth-order valence-corrected chi connectivity index (χ4v) is 8.25. The van der Waals surface area contributed by atoms with Crippen molar-refractivity contribution in [3.63, 3.8) is 0 Å². The van der Waals surface area contributed by atoms with E-state index < -0.39 is 107 Å². The number of rotatable bonds is 8. The number of fused-ring (bicyclic) bond motifs is 2. The second-order valence-electron chi connectivity index (χ2n) is 13.3. The number of aliphatic hydroxyl groups excluding tert-OH is 1. The molecule has 0 saturated heterocycles. The molecule has 3 aliphatic carbocycles. The van der Waals surface area contributed by atoms with Crippen LogP contribution in [0.5, 0.6) is 0 Å². The minimum Gasteiger partial charge on any atom is -0.465 e. The summed E-state index contributed by atoms with van der Waals surface area (Å²) < 4.78 is 34.7. The zero-order valence-corrected chi connectivity index (χ0v) is 28.0. The largest absolute Gasteiger partial charge is 0.465 e. The van der Waals surface area contributed by atoms with E-state index in [-0.39, 0.29) is 18.4 Å². The molecule has 0 amide bonds. The lowest BCUT2D eigenvalue weighted by Crippen LogP contribution is -2.67. The first-order valence-corrected chi connectivity index (χ1v) is 15.2. The van der Waals surface area contributed by atoms with E-state index in [9.17, 15) is 39.0 Å². The molecule has 0 bridgehead atoms. The third-order valence-corrected chi connectivity index (χ3v) is 9.79. The van der Waals surface area contributed by atoms with Gasteiger partial charge in [-0.15, -0.1) is 0 Å². The lowest BCUT2D eigenvalue weighted by atomic mass is 9.52. The molecule has 0 heterocycles. The molecule has 3 rings (SSSR count). The minimum absolute atomic E-state index is 0.108. The van der Waals surface area contributed by atoms with Crippen LogP contribution in [0, 0.1) is 22.7 Å². The minimum atomic E-state index is -1.84. The summed E-state index contributed by atoms with van der Waals surface area (Å²) in [5, 5.41) is 24.5. The number of carbonyl (C=O) groups is 6. The maximum atomic E-state index is 13.0. The highest BCUT2D eigenvalue weighted by atomic mass is 16.6. The average Bonchev–Trinajstić information content (AvgIpc) is 3.14. The Morgan fingerprint density at radius 2 is 1.28 bits per heavy atom. The monoisotopic (exact) mass is 654 g/mol. The fourth-order valence-electron chi connectivity index (χ4n) is 8.25. The summed E-state index contributed by atoms with van der Waals surface area (Å²) in [5.41, 5.74) is -4.78. The van der Waals surface area contributed by atoms with Crippen molar-refractivity contribution in [3.8, 4) is 0 Å². The van der Waals surface area contributed by atoms with Gasteiger partial charge in [-0.05, 0) is 31.9 Å². The Kier molecular flexibility index (Phi) is 10.7. The summed E-state index contributed by atoms with van der Waals surface area (Å²) in [6, 6.07) is 0. The maximum absolute atomic E-state index is 13.0. The van der Waals surface area contributed by atoms with Crippen LogP contribution in [0.4, 0.5) is 0 Å². The lowest BCUT2D eigenvalue weighted by Gasteiger charge is -2.58. The van der Waals surface area contributed by atoms with Gasteiger partial charge in [-0.1, -0.05) is 6.92 Å². The van der Waals surface area contributed by atoms with E-state index in [1.165, 1.54) is 34.6 Å². The number of hydrogen-bond donors (Lipinski definition) is 2. The molecule has 0 unspecified atom stereocenters. The summed E-state index contributed by atoms with van der Waals surface area (Å²) in [6.07, 6.45) is -8.38. The Bertz CT molecular complexity index is 1300. The third kappa shape index (κ3) is 6.64. The molecule has 0 aromatic heterocycles. The van der Waals surface area contributed by atoms with Crippen LogP contribution >= 0.6 is 0 Å². The molecule has 14 heteroatoms. The van der Waals surface area contributed by atoms with Crippen molar-refractivity contribution in [1.82, 2.24) is 0 Å². The van der Waals surface area contributed by atoms with Crippen LogP contribution in [0.25, 0.3) is 0 Å². The van der Waals surface area contributed by atoms with Crippen molar-refractivity contribution in [3.05, 3.63) is 11.1 Å². The molecule has 3 aliphatic rings. The van der Waals surface area contributed by atoms with Crippen molar-refractivity contribution in [2.45, 2.75) is 124 Å². The Morgan fingerprint density at radius 1 is 0.783 bits per heavy atom. The molecular weight excluding hydrogens is 608 g/mol. The van der Waals surface area contributed by atoms with Crippen LogP contribution in [0.2, 0.25) is 0 Å². The van der Waals surface area contributed by atoms with Crippen molar-refractivity contribution in [2.24, 2.45) is 22.7 Å². The van der Waals surface area contributed by atoms with Crippen molar-refractivity contribution in [1.29, 1.82) is 0 Å². The summed E-state index contributed by atoms with van der Waals surface area (Å²) in [4.78, 5) is 75.1. The molecule has 46 heavy (non-hydrogen) atoms. The molecule has 0 aromatic rings. The number of carbonyl (C=O) groups excluding carboxylic acids is 6. The van der Waals surface area contributed by atoms with Crippen LogP contribution in [0.3, 0.4) is 0 Å². The summed E-state index contributed by atoms with van der Waals surface area (Å²) in [7, 11) is 0. The number of hydrogen-bond acceptors (Lipinski definition) is 14. The quantitative estimate of drug-likeness (QED) is 0.218. The first-order chi connectivity index (χ1) is 21.1.